The number of hydrogen-bond acceptors (Lipinski definition) is 3. The van der Waals surface area contributed by atoms with Crippen LogP contribution in [-0.4, -0.2) is 11.7 Å². The van der Waals surface area contributed by atoms with Gasteiger partial charge in [-0.25, -0.2) is 0 Å². The van der Waals surface area contributed by atoms with Gasteiger partial charge in [-0.1, -0.05) is 60.7 Å². The van der Waals surface area contributed by atoms with Gasteiger partial charge >= 0.3 is 0 Å². The van der Waals surface area contributed by atoms with Gasteiger partial charge in [0, 0.05) is 0 Å². The summed E-state index contributed by atoms with van der Waals surface area (Å²) in [4.78, 5) is 0. The zero-order valence-corrected chi connectivity index (χ0v) is 14.3. The van der Waals surface area contributed by atoms with E-state index in [0.29, 0.717) is 12.4 Å². The molecule has 3 heteroatoms. The Morgan fingerprint density at radius 3 is 1.84 bits per heavy atom. The molecule has 0 aromatic heterocycles. The second-order valence-corrected chi connectivity index (χ2v) is 6.17. The number of hydrogen-bond donors (Lipinski definition) is 1. The van der Waals surface area contributed by atoms with Crippen LogP contribution in [0.25, 0.3) is 0 Å². The van der Waals surface area contributed by atoms with E-state index in [4.69, 9.17) is 9.47 Å². The first kappa shape index (κ1) is 17.1. The maximum absolute atomic E-state index is 10.6. The van der Waals surface area contributed by atoms with Gasteiger partial charge < -0.3 is 14.6 Å². The maximum Gasteiger partial charge on any atom is 0.121 e. The lowest BCUT2D eigenvalue weighted by Crippen LogP contribution is -2.29. The second kappa shape index (κ2) is 7.86. The first-order valence-electron chi connectivity index (χ1n) is 8.31. The van der Waals surface area contributed by atoms with Gasteiger partial charge in [-0.2, -0.15) is 0 Å². The second-order valence-electron chi connectivity index (χ2n) is 6.17. The topological polar surface area (TPSA) is 38.7 Å². The summed E-state index contributed by atoms with van der Waals surface area (Å²) in [6, 6.07) is 27.0. The van der Waals surface area contributed by atoms with Crippen LogP contribution in [0.15, 0.2) is 84.9 Å². The minimum absolute atomic E-state index is 0.182. The lowest BCUT2D eigenvalue weighted by Gasteiger charge is -2.24. The van der Waals surface area contributed by atoms with Crippen molar-refractivity contribution >= 4 is 0 Å². The lowest BCUT2D eigenvalue weighted by atomic mass is 9.97. The smallest absolute Gasteiger partial charge is 0.121 e. The SMILES string of the molecule is CC(O)(COc1ccc(OCc2ccccc2)cc1)c1ccccc1. The zero-order chi connectivity index (χ0) is 17.5. The monoisotopic (exact) mass is 334 g/mol. The Hall–Kier alpha value is -2.78. The third-order valence-electron chi connectivity index (χ3n) is 3.99. The fraction of sp³-hybridized carbons (Fsp3) is 0.182. The Balaban J connectivity index is 1.54. The third-order valence-corrected chi connectivity index (χ3v) is 3.99. The van der Waals surface area contributed by atoms with Gasteiger partial charge in [-0.15, -0.1) is 0 Å². The highest BCUT2D eigenvalue weighted by Crippen LogP contribution is 2.24. The highest BCUT2D eigenvalue weighted by atomic mass is 16.5. The third kappa shape index (κ3) is 4.85. The van der Waals surface area contributed by atoms with Gasteiger partial charge in [-0.05, 0) is 42.3 Å². The summed E-state index contributed by atoms with van der Waals surface area (Å²) in [6.45, 7) is 2.46. The van der Waals surface area contributed by atoms with Gasteiger partial charge in [0.15, 0.2) is 0 Å². The molecule has 0 radical (unpaired) electrons. The molecular weight excluding hydrogens is 312 g/mol. The van der Waals surface area contributed by atoms with Crippen LogP contribution in [0.1, 0.15) is 18.1 Å². The highest BCUT2D eigenvalue weighted by Gasteiger charge is 2.23. The molecule has 0 saturated heterocycles. The Morgan fingerprint density at radius 1 is 0.720 bits per heavy atom. The molecular formula is C22H22O3. The number of rotatable bonds is 7. The van der Waals surface area contributed by atoms with Crippen molar-refractivity contribution < 1.29 is 14.6 Å². The van der Waals surface area contributed by atoms with Crippen molar-refractivity contribution in [2.45, 2.75) is 19.1 Å². The van der Waals surface area contributed by atoms with Crippen molar-refractivity contribution in [3.05, 3.63) is 96.1 Å². The van der Waals surface area contributed by atoms with Gasteiger partial charge in [-0.3, -0.25) is 0 Å². The summed E-state index contributed by atoms with van der Waals surface area (Å²) in [5, 5.41) is 10.6. The van der Waals surface area contributed by atoms with E-state index < -0.39 is 5.60 Å². The quantitative estimate of drug-likeness (QED) is 0.689. The lowest BCUT2D eigenvalue weighted by molar-refractivity contribution is 0.00758. The molecule has 0 fully saturated rings. The first-order valence-corrected chi connectivity index (χ1v) is 8.31. The van der Waals surface area contributed by atoms with Crippen molar-refractivity contribution in [3.8, 4) is 11.5 Å². The van der Waals surface area contributed by atoms with E-state index in [9.17, 15) is 5.11 Å². The summed E-state index contributed by atoms with van der Waals surface area (Å²) >= 11 is 0. The summed E-state index contributed by atoms with van der Waals surface area (Å²) in [6.07, 6.45) is 0. The van der Waals surface area contributed by atoms with E-state index in [1.54, 1.807) is 6.92 Å². The van der Waals surface area contributed by atoms with Gasteiger partial charge in [0.05, 0.1) is 0 Å². The molecule has 3 aromatic carbocycles. The predicted molar refractivity (Wildman–Crippen MR) is 98.7 cm³/mol. The van der Waals surface area contributed by atoms with E-state index in [0.717, 1.165) is 16.9 Å². The van der Waals surface area contributed by atoms with Gasteiger partial charge in [0.25, 0.3) is 0 Å². The molecule has 3 aromatic rings. The van der Waals surface area contributed by atoms with Crippen molar-refractivity contribution in [2.24, 2.45) is 0 Å². The number of aliphatic hydroxyl groups is 1. The number of ether oxygens (including phenoxy) is 2. The Kier molecular flexibility index (Phi) is 5.36. The van der Waals surface area contributed by atoms with E-state index in [1.165, 1.54) is 0 Å². The summed E-state index contributed by atoms with van der Waals surface area (Å²) in [5.41, 5.74) is 0.920. The van der Waals surface area contributed by atoms with Crippen LogP contribution >= 0.6 is 0 Å². The van der Waals surface area contributed by atoms with E-state index in [2.05, 4.69) is 0 Å². The molecule has 128 valence electrons. The highest BCUT2D eigenvalue weighted by molar-refractivity contribution is 5.32. The first-order chi connectivity index (χ1) is 12.1. The maximum atomic E-state index is 10.6. The van der Waals surface area contributed by atoms with Crippen molar-refractivity contribution in [1.82, 2.24) is 0 Å². The average Bonchev–Trinajstić information content (AvgIpc) is 2.67. The van der Waals surface area contributed by atoms with Crippen molar-refractivity contribution in [3.63, 3.8) is 0 Å². The fourth-order valence-corrected chi connectivity index (χ4v) is 2.48. The number of benzene rings is 3. The summed E-state index contributed by atoms with van der Waals surface area (Å²) in [5.74, 6) is 1.48. The zero-order valence-electron chi connectivity index (χ0n) is 14.3. The normalized spacial score (nSPS) is 13.0. The van der Waals surface area contributed by atoms with E-state index in [1.807, 2.05) is 84.9 Å². The minimum Gasteiger partial charge on any atom is -0.490 e. The predicted octanol–water partition coefficient (Wildman–Crippen LogP) is 4.55. The molecule has 0 bridgehead atoms. The van der Waals surface area contributed by atoms with Crippen molar-refractivity contribution in [1.29, 1.82) is 0 Å². The van der Waals surface area contributed by atoms with E-state index in [-0.39, 0.29) is 6.61 Å². The van der Waals surface area contributed by atoms with Crippen LogP contribution < -0.4 is 9.47 Å². The summed E-state index contributed by atoms with van der Waals surface area (Å²) < 4.78 is 11.5. The molecule has 1 unspecified atom stereocenters. The van der Waals surface area contributed by atoms with Crippen molar-refractivity contribution in [2.75, 3.05) is 6.61 Å². The van der Waals surface area contributed by atoms with Crippen LogP contribution in [-0.2, 0) is 12.2 Å². The Labute approximate surface area is 148 Å². The van der Waals surface area contributed by atoms with Crippen LogP contribution in [0.3, 0.4) is 0 Å². The van der Waals surface area contributed by atoms with Gasteiger partial charge in [0.1, 0.15) is 30.3 Å². The van der Waals surface area contributed by atoms with Gasteiger partial charge in [0.2, 0.25) is 0 Å². The summed E-state index contributed by atoms with van der Waals surface area (Å²) in [7, 11) is 0. The molecule has 25 heavy (non-hydrogen) atoms. The fourth-order valence-electron chi connectivity index (χ4n) is 2.48. The molecule has 3 nitrogen and oxygen atoms in total. The van der Waals surface area contributed by atoms with E-state index >= 15 is 0 Å². The Bertz CT molecular complexity index is 765. The molecule has 0 amide bonds. The van der Waals surface area contributed by atoms with Crippen LogP contribution in [0, 0.1) is 0 Å². The minimum atomic E-state index is -1.04. The van der Waals surface area contributed by atoms with Crippen LogP contribution in [0.4, 0.5) is 0 Å². The van der Waals surface area contributed by atoms with Crippen LogP contribution in [0.2, 0.25) is 0 Å². The molecule has 0 spiro atoms. The Morgan fingerprint density at radius 2 is 1.24 bits per heavy atom. The molecule has 0 aliphatic carbocycles. The largest absolute Gasteiger partial charge is 0.490 e. The standard InChI is InChI=1S/C22H22O3/c1-22(23,19-10-6-3-7-11-19)17-25-21-14-12-20(13-15-21)24-16-18-8-4-2-5-9-18/h2-15,23H,16-17H2,1H3. The molecule has 3 rings (SSSR count). The average molecular weight is 334 g/mol. The molecule has 1 N–H and O–H groups in total. The van der Waals surface area contributed by atoms with Crippen LogP contribution in [0.5, 0.6) is 11.5 Å². The molecule has 0 aliphatic rings. The molecule has 0 aliphatic heterocycles. The molecule has 0 saturated carbocycles. The molecule has 1 atom stereocenters. The molecule has 0 heterocycles.